The summed E-state index contributed by atoms with van der Waals surface area (Å²) in [6.45, 7) is 5.85. The van der Waals surface area contributed by atoms with Gasteiger partial charge in [0.15, 0.2) is 0 Å². The predicted molar refractivity (Wildman–Crippen MR) is 73.9 cm³/mol. The Balaban J connectivity index is 2.26. The molecule has 0 aliphatic heterocycles. The molecule has 0 aliphatic rings. The second kappa shape index (κ2) is 6.03. The minimum atomic E-state index is 0.211. The lowest BCUT2D eigenvalue weighted by molar-refractivity contribution is 0.195. The van der Waals surface area contributed by atoms with E-state index in [1.165, 1.54) is 10.9 Å². The van der Waals surface area contributed by atoms with E-state index in [4.69, 9.17) is 9.15 Å². The van der Waals surface area contributed by atoms with Crippen LogP contribution in [0, 0.1) is 0 Å². The Morgan fingerprint density at radius 1 is 1.33 bits per heavy atom. The minimum absolute atomic E-state index is 0.211. The first kappa shape index (κ1) is 13.1. The third-order valence-corrected chi connectivity index (χ3v) is 3.23. The SMILES string of the molecule is CCc1c(C(C)NCCOC)oc2ccccc12. The van der Waals surface area contributed by atoms with Crippen LogP contribution in [-0.4, -0.2) is 20.3 Å². The monoisotopic (exact) mass is 247 g/mol. The fourth-order valence-electron chi connectivity index (χ4n) is 2.30. The highest BCUT2D eigenvalue weighted by molar-refractivity contribution is 5.82. The van der Waals surface area contributed by atoms with Crippen LogP contribution in [0.5, 0.6) is 0 Å². The van der Waals surface area contributed by atoms with Crippen molar-refractivity contribution in [2.45, 2.75) is 26.3 Å². The van der Waals surface area contributed by atoms with Crippen LogP contribution >= 0.6 is 0 Å². The van der Waals surface area contributed by atoms with Gasteiger partial charge in [0.2, 0.25) is 0 Å². The van der Waals surface area contributed by atoms with Gasteiger partial charge in [0.1, 0.15) is 11.3 Å². The van der Waals surface area contributed by atoms with Crippen molar-refractivity contribution in [3.63, 3.8) is 0 Å². The lowest BCUT2D eigenvalue weighted by Gasteiger charge is -2.12. The Labute approximate surface area is 108 Å². The standard InChI is InChI=1S/C15H21NO2/c1-4-12-13-7-5-6-8-14(13)18-15(12)11(2)16-9-10-17-3/h5-8,11,16H,4,9-10H2,1-3H3. The lowest BCUT2D eigenvalue weighted by Crippen LogP contribution is -2.23. The Morgan fingerprint density at radius 2 is 2.11 bits per heavy atom. The minimum Gasteiger partial charge on any atom is -0.459 e. The molecule has 0 saturated heterocycles. The zero-order valence-electron chi connectivity index (χ0n) is 11.3. The van der Waals surface area contributed by atoms with Crippen LogP contribution in [0.3, 0.4) is 0 Å². The number of hydrogen-bond donors (Lipinski definition) is 1. The first-order chi connectivity index (χ1) is 8.77. The molecule has 0 aliphatic carbocycles. The molecule has 0 fully saturated rings. The van der Waals surface area contributed by atoms with Crippen molar-refractivity contribution in [3.05, 3.63) is 35.6 Å². The molecule has 0 bridgehead atoms. The first-order valence-electron chi connectivity index (χ1n) is 6.50. The Bertz CT molecular complexity index is 504. The molecule has 1 aromatic heterocycles. The van der Waals surface area contributed by atoms with Crippen molar-refractivity contribution in [2.24, 2.45) is 0 Å². The fourth-order valence-corrected chi connectivity index (χ4v) is 2.30. The molecule has 3 heteroatoms. The van der Waals surface area contributed by atoms with Crippen LogP contribution in [0.2, 0.25) is 0 Å². The molecular formula is C15H21NO2. The molecule has 0 amide bonds. The van der Waals surface area contributed by atoms with Gasteiger partial charge in [-0.05, 0) is 19.4 Å². The number of ether oxygens (including phenoxy) is 1. The summed E-state index contributed by atoms with van der Waals surface area (Å²) >= 11 is 0. The molecule has 1 N–H and O–H groups in total. The molecule has 98 valence electrons. The number of benzene rings is 1. The molecule has 1 unspecified atom stereocenters. The van der Waals surface area contributed by atoms with E-state index >= 15 is 0 Å². The summed E-state index contributed by atoms with van der Waals surface area (Å²) in [4.78, 5) is 0. The highest BCUT2D eigenvalue weighted by Gasteiger charge is 2.17. The van der Waals surface area contributed by atoms with Crippen LogP contribution < -0.4 is 5.32 Å². The average Bonchev–Trinajstić information content (AvgIpc) is 2.77. The molecule has 1 atom stereocenters. The second-order valence-corrected chi connectivity index (χ2v) is 4.46. The molecule has 0 radical (unpaired) electrons. The van der Waals surface area contributed by atoms with Crippen molar-refractivity contribution in [1.29, 1.82) is 0 Å². The van der Waals surface area contributed by atoms with E-state index in [0.717, 1.165) is 24.3 Å². The van der Waals surface area contributed by atoms with Gasteiger partial charge >= 0.3 is 0 Å². The van der Waals surface area contributed by atoms with Crippen molar-refractivity contribution >= 4 is 11.0 Å². The summed E-state index contributed by atoms with van der Waals surface area (Å²) < 4.78 is 11.0. The number of furan rings is 1. The van der Waals surface area contributed by atoms with Crippen molar-refractivity contribution in [1.82, 2.24) is 5.32 Å². The van der Waals surface area contributed by atoms with Gasteiger partial charge in [0.05, 0.1) is 12.6 Å². The van der Waals surface area contributed by atoms with Crippen molar-refractivity contribution in [2.75, 3.05) is 20.3 Å². The molecule has 2 rings (SSSR count). The molecular weight excluding hydrogens is 226 g/mol. The number of nitrogens with one attached hydrogen (secondary N) is 1. The van der Waals surface area contributed by atoms with Crippen LogP contribution in [0.1, 0.15) is 31.2 Å². The van der Waals surface area contributed by atoms with E-state index in [1.807, 2.05) is 12.1 Å². The van der Waals surface area contributed by atoms with Gasteiger partial charge in [-0.25, -0.2) is 0 Å². The van der Waals surface area contributed by atoms with Crippen molar-refractivity contribution < 1.29 is 9.15 Å². The Kier molecular flexibility index (Phi) is 4.39. The summed E-state index contributed by atoms with van der Waals surface area (Å²) in [7, 11) is 1.71. The summed E-state index contributed by atoms with van der Waals surface area (Å²) in [6.07, 6.45) is 0.989. The molecule has 0 saturated carbocycles. The van der Waals surface area contributed by atoms with Crippen LogP contribution in [0.25, 0.3) is 11.0 Å². The molecule has 2 aromatic rings. The van der Waals surface area contributed by atoms with E-state index in [0.29, 0.717) is 6.61 Å². The molecule has 18 heavy (non-hydrogen) atoms. The van der Waals surface area contributed by atoms with E-state index in [1.54, 1.807) is 7.11 Å². The lowest BCUT2D eigenvalue weighted by atomic mass is 10.1. The van der Waals surface area contributed by atoms with E-state index in [9.17, 15) is 0 Å². The topological polar surface area (TPSA) is 34.4 Å². The van der Waals surface area contributed by atoms with Gasteiger partial charge < -0.3 is 14.5 Å². The van der Waals surface area contributed by atoms with Gasteiger partial charge in [-0.3, -0.25) is 0 Å². The normalized spacial score (nSPS) is 13.1. The van der Waals surface area contributed by atoms with Gasteiger partial charge in [0, 0.05) is 24.6 Å². The molecule has 3 nitrogen and oxygen atoms in total. The smallest absolute Gasteiger partial charge is 0.134 e. The Hall–Kier alpha value is -1.32. The van der Waals surface area contributed by atoms with Crippen LogP contribution in [0.15, 0.2) is 28.7 Å². The second-order valence-electron chi connectivity index (χ2n) is 4.46. The number of methoxy groups -OCH3 is 1. The van der Waals surface area contributed by atoms with Crippen molar-refractivity contribution in [3.8, 4) is 0 Å². The van der Waals surface area contributed by atoms with E-state index in [-0.39, 0.29) is 6.04 Å². The van der Waals surface area contributed by atoms with Crippen LogP contribution in [-0.2, 0) is 11.2 Å². The van der Waals surface area contributed by atoms with Crippen LogP contribution in [0.4, 0.5) is 0 Å². The highest BCUT2D eigenvalue weighted by atomic mass is 16.5. The number of para-hydroxylation sites is 1. The third-order valence-electron chi connectivity index (χ3n) is 3.23. The zero-order valence-corrected chi connectivity index (χ0v) is 11.3. The van der Waals surface area contributed by atoms with Gasteiger partial charge in [0.25, 0.3) is 0 Å². The zero-order chi connectivity index (χ0) is 13.0. The van der Waals surface area contributed by atoms with Gasteiger partial charge in [-0.2, -0.15) is 0 Å². The van der Waals surface area contributed by atoms with E-state index in [2.05, 4.69) is 31.3 Å². The van der Waals surface area contributed by atoms with E-state index < -0.39 is 0 Å². The maximum absolute atomic E-state index is 5.98. The Morgan fingerprint density at radius 3 is 2.83 bits per heavy atom. The average molecular weight is 247 g/mol. The third kappa shape index (κ3) is 2.57. The fraction of sp³-hybridized carbons (Fsp3) is 0.467. The van der Waals surface area contributed by atoms with Gasteiger partial charge in [-0.1, -0.05) is 25.1 Å². The predicted octanol–water partition coefficient (Wildman–Crippen LogP) is 3.29. The first-order valence-corrected chi connectivity index (χ1v) is 6.50. The summed E-state index contributed by atoms with van der Waals surface area (Å²) in [5, 5.41) is 4.65. The number of rotatable bonds is 6. The maximum Gasteiger partial charge on any atom is 0.134 e. The highest BCUT2D eigenvalue weighted by Crippen LogP contribution is 2.30. The van der Waals surface area contributed by atoms with Gasteiger partial charge in [-0.15, -0.1) is 0 Å². The largest absolute Gasteiger partial charge is 0.459 e. The summed E-state index contributed by atoms with van der Waals surface area (Å²) in [6, 6.07) is 8.44. The summed E-state index contributed by atoms with van der Waals surface area (Å²) in [5.41, 5.74) is 2.28. The number of hydrogen-bond acceptors (Lipinski definition) is 3. The molecule has 1 heterocycles. The quantitative estimate of drug-likeness (QED) is 0.795. The maximum atomic E-state index is 5.98. The number of fused-ring (bicyclic) bond motifs is 1. The number of aryl methyl sites for hydroxylation is 1. The molecule has 0 spiro atoms. The molecule has 1 aromatic carbocycles. The summed E-state index contributed by atoms with van der Waals surface area (Å²) in [5.74, 6) is 1.05.